The van der Waals surface area contributed by atoms with Gasteiger partial charge < -0.3 is 9.84 Å². The number of hydrogen-bond donors (Lipinski definition) is 1. The lowest BCUT2D eigenvalue weighted by molar-refractivity contribution is -0.174. The Labute approximate surface area is 175 Å². The Hall–Kier alpha value is -1.83. The maximum atomic E-state index is 13.3. The average molecular weight is 371 g/mol. The molecular weight excluding hydrogens is 326 g/mol. The number of aliphatic hydroxyl groups is 1. The minimum Gasteiger partial charge on any atom is -0.450 e. The molecule has 4 nitrogen and oxygen atoms in total. The van der Waals surface area contributed by atoms with Crippen molar-refractivity contribution in [3.63, 3.8) is 0 Å². The number of ether oxygens (including phenoxy) is 1. The monoisotopic (exact) mass is 370 g/mol. The Balaban J connectivity index is 2.39. The maximum Gasteiger partial charge on any atom is 0.344 e. The van der Waals surface area contributed by atoms with Gasteiger partial charge in [0.2, 0.25) is 0 Å². The molecule has 26 heavy (non-hydrogen) atoms. The summed E-state index contributed by atoms with van der Waals surface area (Å²) in [5.41, 5.74) is -3.22. The molecule has 0 aliphatic heterocycles. The molecule has 0 aromatic heterocycles. The molecule has 1 atom stereocenters. The van der Waals surface area contributed by atoms with E-state index in [0.29, 0.717) is 30.6 Å². The van der Waals surface area contributed by atoms with E-state index >= 15 is 0 Å². The van der Waals surface area contributed by atoms with Crippen LogP contribution in [0.15, 0.2) is 30.2 Å². The summed E-state index contributed by atoms with van der Waals surface area (Å²) in [6, 6.07) is -3.66. The Morgan fingerprint density at radius 1 is 1.31 bits per heavy atom. The Bertz CT molecular complexity index is 1070. The molecule has 1 aliphatic rings. The van der Waals surface area contributed by atoms with Crippen LogP contribution in [0.4, 0.5) is 0 Å². The average Bonchev–Trinajstić information content (AvgIpc) is 2.82. The third-order valence-electron chi connectivity index (χ3n) is 4.35. The van der Waals surface area contributed by atoms with Gasteiger partial charge in [-0.2, -0.15) is 0 Å². The lowest BCUT2D eigenvalue weighted by Gasteiger charge is -2.36. The van der Waals surface area contributed by atoms with Gasteiger partial charge >= 0.3 is 5.97 Å². The molecule has 1 aliphatic carbocycles. The van der Waals surface area contributed by atoms with E-state index in [0.717, 1.165) is 6.42 Å². The largest absolute Gasteiger partial charge is 0.450 e. The highest BCUT2D eigenvalue weighted by molar-refractivity contribution is 5.81. The zero-order valence-corrected chi connectivity index (χ0v) is 14.4. The van der Waals surface area contributed by atoms with Crippen LogP contribution < -0.4 is 0 Å². The molecule has 0 amide bonds. The highest BCUT2D eigenvalue weighted by Gasteiger charge is 2.46. The van der Waals surface area contributed by atoms with Gasteiger partial charge in [0.25, 0.3) is 0 Å². The lowest BCUT2D eigenvalue weighted by Crippen LogP contribution is -2.45. The first kappa shape index (κ1) is 8.91. The first-order chi connectivity index (χ1) is 17.7. The van der Waals surface area contributed by atoms with E-state index in [1.54, 1.807) is 0 Å². The van der Waals surface area contributed by atoms with Crippen molar-refractivity contribution in [3.05, 3.63) is 35.8 Å². The van der Waals surface area contributed by atoms with Gasteiger partial charge in [-0.05, 0) is 31.5 Å². The lowest BCUT2D eigenvalue weighted by atomic mass is 9.73. The van der Waals surface area contributed by atoms with Crippen LogP contribution in [0.3, 0.4) is 0 Å². The van der Waals surface area contributed by atoms with Crippen LogP contribution in [0.5, 0.6) is 0 Å². The van der Waals surface area contributed by atoms with Crippen molar-refractivity contribution < 1.29 is 32.5 Å². The molecule has 0 radical (unpaired) electrons. The van der Waals surface area contributed by atoms with Crippen molar-refractivity contribution in [1.29, 1.82) is 0 Å². The molecule has 0 bridgehead atoms. The van der Waals surface area contributed by atoms with Crippen LogP contribution in [-0.2, 0) is 15.1 Å². The summed E-state index contributed by atoms with van der Waals surface area (Å²) in [4.78, 5) is 13.8. The van der Waals surface area contributed by atoms with Crippen molar-refractivity contribution in [2.45, 2.75) is 51.4 Å². The van der Waals surface area contributed by atoms with Crippen molar-refractivity contribution in [3.8, 4) is 11.8 Å². The molecule has 4 heteroatoms. The minimum absolute atomic E-state index is 0.321. The predicted octanol–water partition coefficient (Wildman–Crippen LogP) is 3.34. The van der Waals surface area contributed by atoms with Crippen LogP contribution in [0.25, 0.3) is 0 Å². The molecule has 2 rings (SSSR count). The molecule has 0 heterocycles. The molecule has 0 saturated heterocycles. The number of rotatable bonds is 7. The summed E-state index contributed by atoms with van der Waals surface area (Å²) in [5, 5.41) is 11.7. The number of hydrogen-bond acceptors (Lipinski definition) is 4. The standard InChI is InChI=1S/C22H31NO3/c1-3-23(4-2)17-11-12-18-26-21(24)22(25,19-13-7-5-8-14-19)20-15-9-6-10-16-20/h5,7-8,13-14,20,25H,3-4,6,9-10,15-18H2,1-2H3/i1D3,2D3,5D,7D,8D,13D,14D,17D2. The molecular formula is C22H31NO3. The molecule has 1 fully saturated rings. The van der Waals surface area contributed by atoms with Crippen LogP contribution in [-0.4, -0.2) is 42.2 Å². The molecule has 1 aromatic rings. The first-order valence-corrected chi connectivity index (χ1v) is 8.44. The molecule has 1 saturated carbocycles. The second kappa shape index (κ2) is 10.4. The van der Waals surface area contributed by atoms with Crippen LogP contribution in [0.1, 0.15) is 69.2 Å². The van der Waals surface area contributed by atoms with Gasteiger partial charge in [0.1, 0.15) is 0 Å². The van der Waals surface area contributed by atoms with Gasteiger partial charge in [-0.3, -0.25) is 4.90 Å². The number of esters is 1. The van der Waals surface area contributed by atoms with E-state index in [1.807, 2.05) is 0 Å². The molecule has 142 valence electrons. The summed E-state index contributed by atoms with van der Waals surface area (Å²) in [7, 11) is 0. The number of carbonyl (C=O) groups excluding carboxylic acids is 1. The molecule has 0 spiro atoms. The topological polar surface area (TPSA) is 49.8 Å². The highest BCUT2D eigenvalue weighted by atomic mass is 16.5. The first-order valence-electron chi connectivity index (χ1n) is 14.9. The van der Waals surface area contributed by atoms with Crippen LogP contribution >= 0.6 is 0 Å². The van der Waals surface area contributed by atoms with Gasteiger partial charge in [-0.15, -0.1) is 0 Å². The molecule has 1 N–H and O–H groups in total. The van der Waals surface area contributed by atoms with Crippen LogP contribution in [0, 0.1) is 17.8 Å². The summed E-state index contributed by atoms with van der Waals surface area (Å²) in [6.45, 7) is -10.7. The number of benzene rings is 1. The summed E-state index contributed by atoms with van der Waals surface area (Å²) in [6.07, 6.45) is 2.72. The van der Waals surface area contributed by atoms with Crippen LogP contribution in [0.2, 0.25) is 0 Å². The normalized spacial score (nSPS) is 26.0. The minimum atomic E-state index is -2.73. The third-order valence-corrected chi connectivity index (χ3v) is 4.35. The smallest absolute Gasteiger partial charge is 0.344 e. The van der Waals surface area contributed by atoms with Gasteiger partial charge in [0, 0.05) is 14.1 Å². The van der Waals surface area contributed by atoms with Crippen molar-refractivity contribution in [1.82, 2.24) is 4.90 Å². The summed E-state index contributed by atoms with van der Waals surface area (Å²) in [5.74, 6) is 2.13. The Morgan fingerprint density at radius 3 is 2.65 bits per heavy atom. The van der Waals surface area contributed by atoms with Gasteiger partial charge in [0.05, 0.1) is 16.1 Å². The van der Waals surface area contributed by atoms with Gasteiger partial charge in [-0.25, -0.2) is 4.79 Å². The van der Waals surface area contributed by atoms with E-state index in [1.165, 1.54) is 0 Å². The predicted molar refractivity (Wildman–Crippen MR) is 103 cm³/mol. The Morgan fingerprint density at radius 2 is 2.00 bits per heavy atom. The second-order valence-electron chi connectivity index (χ2n) is 5.95. The second-order valence-corrected chi connectivity index (χ2v) is 5.95. The molecule has 1 unspecified atom stereocenters. The fraction of sp³-hybridized carbons (Fsp3) is 0.591. The number of nitrogens with zero attached hydrogens (tertiary/aromatic N) is 1. The third kappa shape index (κ3) is 5.09. The van der Waals surface area contributed by atoms with Crippen molar-refractivity contribution >= 4 is 5.97 Å². The van der Waals surface area contributed by atoms with Gasteiger partial charge in [-0.1, -0.05) is 75.0 Å². The van der Waals surface area contributed by atoms with E-state index in [9.17, 15) is 9.90 Å². The van der Waals surface area contributed by atoms with E-state index in [2.05, 4.69) is 11.8 Å². The zero-order valence-electron chi connectivity index (χ0n) is 27.4. The van der Waals surface area contributed by atoms with E-state index < -0.39 is 93.2 Å². The highest BCUT2D eigenvalue weighted by Crippen LogP contribution is 2.40. The number of carbonyl (C=O) groups is 1. The Kier molecular flexibility index (Phi) is 3.55. The zero-order chi connectivity index (χ0) is 30.0. The van der Waals surface area contributed by atoms with E-state index in [-0.39, 0.29) is 0 Å². The van der Waals surface area contributed by atoms with Gasteiger partial charge in [0.15, 0.2) is 12.2 Å². The van der Waals surface area contributed by atoms with Crippen molar-refractivity contribution in [2.24, 2.45) is 5.92 Å². The van der Waals surface area contributed by atoms with E-state index in [4.69, 9.17) is 22.6 Å². The molecule has 1 aromatic carbocycles. The SMILES string of the molecule is [2H]c1c([2H])c([2H])c(C(O)(C(=O)OCC#CC([2H])([2H])N(CC([2H])([2H])[2H])CC([2H])([2H])[2H])C2CCCCC2)c([2H])c1[2H]. The van der Waals surface area contributed by atoms with Crippen molar-refractivity contribution in [2.75, 3.05) is 26.2 Å². The fourth-order valence-electron chi connectivity index (χ4n) is 2.94. The fourth-order valence-corrected chi connectivity index (χ4v) is 2.94. The summed E-state index contributed by atoms with van der Waals surface area (Å²) >= 11 is 0. The quantitative estimate of drug-likeness (QED) is 0.591. The maximum absolute atomic E-state index is 13.3. The summed E-state index contributed by atoms with van der Waals surface area (Å²) < 4.78 is 106.